The molecule has 1 atom stereocenters. The molecule has 1 heterocycles. The van der Waals surface area contributed by atoms with Gasteiger partial charge in [-0.1, -0.05) is 24.3 Å². The number of thiazole rings is 1. The van der Waals surface area contributed by atoms with E-state index in [1.165, 1.54) is 16.8 Å². The van der Waals surface area contributed by atoms with Crippen molar-refractivity contribution in [2.45, 2.75) is 12.5 Å². The van der Waals surface area contributed by atoms with E-state index in [-0.39, 0.29) is 11.9 Å². The van der Waals surface area contributed by atoms with Gasteiger partial charge in [-0.15, -0.1) is 11.3 Å². The molecule has 3 rings (SSSR count). The normalized spacial score (nSPS) is 12.7. The van der Waals surface area contributed by atoms with Gasteiger partial charge in [0.15, 0.2) is 0 Å². The summed E-state index contributed by atoms with van der Waals surface area (Å²) in [4.78, 5) is 4.56. The van der Waals surface area contributed by atoms with Gasteiger partial charge in [0.25, 0.3) is 0 Å². The fourth-order valence-corrected chi connectivity index (χ4v) is 3.05. The van der Waals surface area contributed by atoms with Crippen LogP contribution < -0.4 is 5.73 Å². The minimum atomic E-state index is -0.240. The Bertz CT molecular complexity index is 658. The highest BCUT2D eigenvalue weighted by Crippen LogP contribution is 2.25. The van der Waals surface area contributed by atoms with Crippen molar-refractivity contribution in [2.75, 3.05) is 0 Å². The van der Waals surface area contributed by atoms with E-state index < -0.39 is 0 Å². The molecule has 0 aliphatic rings. The standard InChI is InChI=1S/C15H13FN2S/c16-11-7-5-10(6-8-11)12(17)9-15-18-13-3-1-2-4-14(13)19-15/h1-8,12H,9,17H2. The van der Waals surface area contributed by atoms with Crippen molar-refractivity contribution in [2.24, 2.45) is 5.73 Å². The number of rotatable bonds is 3. The molecule has 0 spiro atoms. The number of fused-ring (bicyclic) bond motifs is 1. The van der Waals surface area contributed by atoms with Gasteiger partial charge in [0.2, 0.25) is 0 Å². The summed E-state index contributed by atoms with van der Waals surface area (Å²) in [7, 11) is 0. The fraction of sp³-hybridized carbons (Fsp3) is 0.133. The molecule has 0 fully saturated rings. The van der Waals surface area contributed by atoms with Gasteiger partial charge in [-0.3, -0.25) is 0 Å². The van der Waals surface area contributed by atoms with Crippen molar-refractivity contribution in [1.82, 2.24) is 4.98 Å². The van der Waals surface area contributed by atoms with Crippen molar-refractivity contribution in [1.29, 1.82) is 0 Å². The number of benzene rings is 2. The predicted molar refractivity (Wildman–Crippen MR) is 76.7 cm³/mol. The van der Waals surface area contributed by atoms with Gasteiger partial charge in [0.05, 0.1) is 15.2 Å². The van der Waals surface area contributed by atoms with Crippen LogP contribution in [0.1, 0.15) is 16.6 Å². The van der Waals surface area contributed by atoms with Gasteiger partial charge in [-0.25, -0.2) is 9.37 Å². The Morgan fingerprint density at radius 3 is 2.58 bits per heavy atom. The average Bonchev–Trinajstić information content (AvgIpc) is 2.81. The Morgan fingerprint density at radius 2 is 1.84 bits per heavy atom. The van der Waals surface area contributed by atoms with Crippen molar-refractivity contribution in [3.8, 4) is 0 Å². The molecule has 0 aliphatic heterocycles. The molecule has 96 valence electrons. The largest absolute Gasteiger partial charge is 0.324 e. The van der Waals surface area contributed by atoms with E-state index >= 15 is 0 Å². The molecule has 1 aromatic heterocycles. The first-order valence-electron chi connectivity index (χ1n) is 6.08. The fourth-order valence-electron chi connectivity index (χ4n) is 2.02. The summed E-state index contributed by atoms with van der Waals surface area (Å²) in [5.74, 6) is -0.240. The molecule has 0 amide bonds. The van der Waals surface area contributed by atoms with Gasteiger partial charge < -0.3 is 5.73 Å². The summed E-state index contributed by atoms with van der Waals surface area (Å²) in [5, 5.41) is 1.01. The third kappa shape index (κ3) is 2.64. The van der Waals surface area contributed by atoms with Gasteiger partial charge >= 0.3 is 0 Å². The highest BCUT2D eigenvalue weighted by molar-refractivity contribution is 7.18. The molecule has 0 saturated carbocycles. The Hall–Kier alpha value is -1.78. The number of nitrogens with zero attached hydrogens (tertiary/aromatic N) is 1. The van der Waals surface area contributed by atoms with Crippen molar-refractivity contribution < 1.29 is 4.39 Å². The maximum absolute atomic E-state index is 12.9. The Morgan fingerprint density at radius 1 is 1.11 bits per heavy atom. The molecule has 2 N–H and O–H groups in total. The third-order valence-electron chi connectivity index (χ3n) is 3.03. The van der Waals surface area contributed by atoms with Crippen LogP contribution >= 0.6 is 11.3 Å². The van der Waals surface area contributed by atoms with Crippen LogP contribution in [-0.2, 0) is 6.42 Å². The molecule has 1 unspecified atom stereocenters. The first-order valence-corrected chi connectivity index (χ1v) is 6.89. The number of hydrogen-bond donors (Lipinski definition) is 1. The van der Waals surface area contributed by atoms with E-state index in [0.717, 1.165) is 16.1 Å². The minimum Gasteiger partial charge on any atom is -0.324 e. The second-order valence-electron chi connectivity index (χ2n) is 4.44. The SMILES string of the molecule is NC(Cc1nc2ccccc2s1)c1ccc(F)cc1. The molecule has 4 heteroatoms. The molecule has 2 aromatic carbocycles. The van der Waals surface area contributed by atoms with E-state index in [0.29, 0.717) is 6.42 Å². The quantitative estimate of drug-likeness (QED) is 0.790. The lowest BCUT2D eigenvalue weighted by Gasteiger charge is -2.09. The Balaban J connectivity index is 1.82. The van der Waals surface area contributed by atoms with E-state index in [4.69, 9.17) is 5.73 Å². The van der Waals surface area contributed by atoms with Crippen LogP contribution in [0.3, 0.4) is 0 Å². The van der Waals surface area contributed by atoms with Gasteiger partial charge in [-0.05, 0) is 29.8 Å². The molecule has 2 nitrogen and oxygen atoms in total. The monoisotopic (exact) mass is 272 g/mol. The molecular formula is C15H13FN2S. The van der Waals surface area contributed by atoms with Gasteiger partial charge in [0, 0.05) is 12.5 Å². The number of aromatic nitrogens is 1. The first kappa shape index (κ1) is 12.3. The van der Waals surface area contributed by atoms with E-state index in [9.17, 15) is 4.39 Å². The van der Waals surface area contributed by atoms with E-state index in [2.05, 4.69) is 11.1 Å². The molecule has 0 bridgehead atoms. The van der Waals surface area contributed by atoms with Gasteiger partial charge in [0.1, 0.15) is 5.82 Å². The summed E-state index contributed by atoms with van der Waals surface area (Å²) in [6.45, 7) is 0. The van der Waals surface area contributed by atoms with E-state index in [1.54, 1.807) is 23.5 Å². The van der Waals surface area contributed by atoms with Crippen LogP contribution in [-0.4, -0.2) is 4.98 Å². The highest BCUT2D eigenvalue weighted by Gasteiger charge is 2.10. The molecule has 3 aromatic rings. The second-order valence-corrected chi connectivity index (χ2v) is 5.55. The topological polar surface area (TPSA) is 38.9 Å². The molecule has 0 saturated heterocycles. The lowest BCUT2D eigenvalue weighted by atomic mass is 10.1. The number of hydrogen-bond acceptors (Lipinski definition) is 3. The number of halogens is 1. The molecular weight excluding hydrogens is 259 g/mol. The highest BCUT2D eigenvalue weighted by atomic mass is 32.1. The summed E-state index contributed by atoms with van der Waals surface area (Å²) in [5.41, 5.74) is 8.08. The van der Waals surface area contributed by atoms with Crippen LogP contribution in [0.5, 0.6) is 0 Å². The van der Waals surface area contributed by atoms with Crippen molar-refractivity contribution >= 4 is 21.6 Å². The first-order chi connectivity index (χ1) is 9.22. The van der Waals surface area contributed by atoms with Crippen LogP contribution in [0.15, 0.2) is 48.5 Å². The van der Waals surface area contributed by atoms with Crippen LogP contribution in [0.2, 0.25) is 0 Å². The van der Waals surface area contributed by atoms with E-state index in [1.807, 2.05) is 18.2 Å². The average molecular weight is 272 g/mol. The van der Waals surface area contributed by atoms with Crippen LogP contribution in [0, 0.1) is 5.82 Å². The Labute approximate surface area is 114 Å². The zero-order chi connectivity index (χ0) is 13.2. The number of nitrogens with two attached hydrogens (primary N) is 1. The molecule has 19 heavy (non-hydrogen) atoms. The minimum absolute atomic E-state index is 0.152. The number of para-hydroxylation sites is 1. The van der Waals surface area contributed by atoms with Crippen LogP contribution in [0.25, 0.3) is 10.2 Å². The van der Waals surface area contributed by atoms with Crippen molar-refractivity contribution in [3.63, 3.8) is 0 Å². The lowest BCUT2D eigenvalue weighted by molar-refractivity contribution is 0.624. The summed E-state index contributed by atoms with van der Waals surface area (Å²) < 4.78 is 14.0. The zero-order valence-electron chi connectivity index (χ0n) is 10.2. The van der Waals surface area contributed by atoms with Crippen molar-refractivity contribution in [3.05, 3.63) is 64.9 Å². The van der Waals surface area contributed by atoms with Gasteiger partial charge in [-0.2, -0.15) is 0 Å². The van der Waals surface area contributed by atoms with Crippen LogP contribution in [0.4, 0.5) is 4.39 Å². The summed E-state index contributed by atoms with van der Waals surface area (Å²) in [6.07, 6.45) is 0.672. The summed E-state index contributed by atoms with van der Waals surface area (Å²) >= 11 is 1.66. The summed E-state index contributed by atoms with van der Waals surface area (Å²) in [6, 6.07) is 14.2. The second kappa shape index (κ2) is 5.07. The molecule has 0 aliphatic carbocycles. The Kier molecular flexibility index (Phi) is 3.27. The maximum Gasteiger partial charge on any atom is 0.123 e. The molecule has 0 radical (unpaired) electrons. The third-order valence-corrected chi connectivity index (χ3v) is 4.09. The maximum atomic E-state index is 12.9. The smallest absolute Gasteiger partial charge is 0.123 e. The zero-order valence-corrected chi connectivity index (χ0v) is 11.0. The predicted octanol–water partition coefficient (Wildman–Crippen LogP) is 3.68. The lowest BCUT2D eigenvalue weighted by Crippen LogP contribution is -2.13.